The van der Waals surface area contributed by atoms with Crippen LogP contribution in [0.5, 0.6) is 5.75 Å². The topological polar surface area (TPSA) is 75.6 Å². The van der Waals surface area contributed by atoms with Crippen LogP contribution in [-0.2, 0) is 28.0 Å². The van der Waals surface area contributed by atoms with Gasteiger partial charge < -0.3 is 20.0 Å². The summed E-state index contributed by atoms with van der Waals surface area (Å²) in [5.74, 6) is 0.221. The Morgan fingerprint density at radius 3 is 2.46 bits per heavy atom. The van der Waals surface area contributed by atoms with Gasteiger partial charge in [-0.3, -0.25) is 0 Å². The fourth-order valence-electron chi connectivity index (χ4n) is 2.61. The molecule has 0 saturated heterocycles. The highest BCUT2D eigenvalue weighted by Gasteiger charge is 2.20. The number of hydrogen-bond acceptors (Lipinski definition) is 4. The number of phenolic OH excluding ortho intramolecular Hbond substituents is 1. The summed E-state index contributed by atoms with van der Waals surface area (Å²) in [6, 6.07) is 13.9. The number of carbonyl (C=O) groups is 2. The van der Waals surface area contributed by atoms with Crippen molar-refractivity contribution < 1.29 is 19.4 Å². The van der Waals surface area contributed by atoms with Crippen molar-refractivity contribution in [2.45, 2.75) is 45.3 Å². The van der Waals surface area contributed by atoms with Crippen molar-refractivity contribution in [3.05, 3.63) is 65.2 Å². The second kappa shape index (κ2) is 8.52. The zero-order chi connectivity index (χ0) is 19.2. The number of carbonyl (C=O) groups excluding carboxylic acids is 2. The molecule has 5 heteroatoms. The maximum atomic E-state index is 11.9. The lowest BCUT2D eigenvalue weighted by Gasteiger charge is -2.22. The van der Waals surface area contributed by atoms with E-state index in [1.807, 2.05) is 57.2 Å². The van der Waals surface area contributed by atoms with E-state index in [1.165, 1.54) is 0 Å². The summed E-state index contributed by atoms with van der Waals surface area (Å²) in [4.78, 5) is 23.3. The van der Waals surface area contributed by atoms with E-state index in [1.54, 1.807) is 12.1 Å². The summed E-state index contributed by atoms with van der Waals surface area (Å²) in [7, 11) is 0. The first-order valence-corrected chi connectivity index (χ1v) is 8.54. The van der Waals surface area contributed by atoms with Gasteiger partial charge in [0.2, 0.25) is 0 Å². The average Bonchev–Trinajstić information content (AvgIpc) is 2.61. The summed E-state index contributed by atoms with van der Waals surface area (Å²) < 4.78 is 5.15. The molecule has 2 aromatic rings. The summed E-state index contributed by atoms with van der Waals surface area (Å²) in [6.45, 7) is 6.15. The van der Waals surface area contributed by atoms with Crippen LogP contribution in [0.4, 0.5) is 4.79 Å². The first-order chi connectivity index (χ1) is 12.3. The Kier molecular flexibility index (Phi) is 6.39. The second-order valence-corrected chi connectivity index (χ2v) is 7.25. The van der Waals surface area contributed by atoms with Gasteiger partial charge in [0.05, 0.1) is 6.04 Å². The summed E-state index contributed by atoms with van der Waals surface area (Å²) in [5.41, 5.74) is 2.30. The molecule has 0 radical (unpaired) electrons. The molecule has 0 aromatic heterocycles. The Hall–Kier alpha value is -2.82. The molecule has 0 aliphatic carbocycles. The standard InChI is InChI=1S/C21H25NO4/c1-21(2,3)18-12-16(9-10-19(18)24)11-17(13-23)22-20(25)26-14-15-7-5-4-6-8-15/h4-10,12-13,17,24H,11,14H2,1-3H3,(H,22,25)/t17-/m0/s1. The van der Waals surface area contributed by atoms with Crippen molar-refractivity contribution in [1.82, 2.24) is 5.32 Å². The Labute approximate surface area is 154 Å². The molecule has 26 heavy (non-hydrogen) atoms. The number of aldehydes is 1. The highest BCUT2D eigenvalue weighted by molar-refractivity contribution is 5.73. The number of phenols is 1. The van der Waals surface area contributed by atoms with Gasteiger partial charge >= 0.3 is 6.09 Å². The number of hydrogen-bond donors (Lipinski definition) is 2. The number of amides is 1. The van der Waals surface area contributed by atoms with Crippen molar-refractivity contribution in [3.8, 4) is 5.75 Å². The van der Waals surface area contributed by atoms with Gasteiger partial charge in [0, 0.05) is 0 Å². The second-order valence-electron chi connectivity index (χ2n) is 7.25. The van der Waals surface area contributed by atoms with E-state index >= 15 is 0 Å². The monoisotopic (exact) mass is 355 g/mol. The molecule has 138 valence electrons. The van der Waals surface area contributed by atoms with E-state index in [2.05, 4.69) is 5.32 Å². The normalized spacial score (nSPS) is 12.3. The van der Waals surface area contributed by atoms with Gasteiger partial charge in [0.25, 0.3) is 0 Å². The van der Waals surface area contributed by atoms with Crippen molar-refractivity contribution >= 4 is 12.4 Å². The quantitative estimate of drug-likeness (QED) is 0.774. The number of nitrogens with one attached hydrogen (secondary N) is 1. The molecule has 0 unspecified atom stereocenters. The van der Waals surface area contributed by atoms with Gasteiger partial charge in [-0.2, -0.15) is 0 Å². The third-order valence-corrected chi connectivity index (χ3v) is 4.00. The first kappa shape index (κ1) is 19.5. The van der Waals surface area contributed by atoms with Gasteiger partial charge in [-0.25, -0.2) is 4.79 Å². The SMILES string of the molecule is CC(C)(C)c1cc(C[C@@H](C=O)NC(=O)OCc2ccccc2)ccc1O. The zero-order valence-corrected chi connectivity index (χ0v) is 15.4. The summed E-state index contributed by atoms with van der Waals surface area (Å²) >= 11 is 0. The molecule has 0 aliphatic heterocycles. The zero-order valence-electron chi connectivity index (χ0n) is 15.4. The number of aromatic hydroxyl groups is 1. The van der Waals surface area contributed by atoms with Crippen LogP contribution in [0.25, 0.3) is 0 Å². The summed E-state index contributed by atoms with van der Waals surface area (Å²) in [6.07, 6.45) is 0.376. The predicted octanol–water partition coefficient (Wildman–Crippen LogP) is 3.73. The maximum Gasteiger partial charge on any atom is 0.408 e. The third kappa shape index (κ3) is 5.62. The Bertz CT molecular complexity index is 750. The molecule has 0 heterocycles. The van der Waals surface area contributed by atoms with Crippen LogP contribution < -0.4 is 5.32 Å². The van der Waals surface area contributed by atoms with Crippen LogP contribution in [0.1, 0.15) is 37.5 Å². The largest absolute Gasteiger partial charge is 0.508 e. The fraction of sp³-hybridized carbons (Fsp3) is 0.333. The van der Waals surface area contributed by atoms with Crippen LogP contribution in [0, 0.1) is 0 Å². The lowest BCUT2D eigenvalue weighted by atomic mass is 9.85. The molecule has 1 atom stereocenters. The van der Waals surface area contributed by atoms with Crippen molar-refractivity contribution in [2.75, 3.05) is 0 Å². The molecule has 2 N–H and O–H groups in total. The number of ether oxygens (including phenoxy) is 1. The Morgan fingerprint density at radius 1 is 1.15 bits per heavy atom. The molecule has 2 aromatic carbocycles. The van der Waals surface area contributed by atoms with Crippen molar-refractivity contribution in [3.63, 3.8) is 0 Å². The number of rotatable bonds is 6. The van der Waals surface area contributed by atoms with Crippen LogP contribution >= 0.6 is 0 Å². The van der Waals surface area contributed by atoms with Crippen LogP contribution in [0.2, 0.25) is 0 Å². The van der Waals surface area contributed by atoms with E-state index < -0.39 is 12.1 Å². The summed E-state index contributed by atoms with van der Waals surface area (Å²) in [5, 5.41) is 12.6. The smallest absolute Gasteiger partial charge is 0.408 e. The molecule has 0 spiro atoms. The van der Waals surface area contributed by atoms with Crippen LogP contribution in [-0.4, -0.2) is 23.5 Å². The van der Waals surface area contributed by atoms with Gasteiger partial charge in [0.15, 0.2) is 0 Å². The number of alkyl carbamates (subject to hydrolysis) is 1. The van der Waals surface area contributed by atoms with E-state index in [0.29, 0.717) is 12.7 Å². The molecule has 0 fully saturated rings. The molecule has 0 aliphatic rings. The minimum absolute atomic E-state index is 0.144. The van der Waals surface area contributed by atoms with Gasteiger partial charge in [0.1, 0.15) is 18.6 Å². The first-order valence-electron chi connectivity index (χ1n) is 8.54. The van der Waals surface area contributed by atoms with Gasteiger partial charge in [-0.15, -0.1) is 0 Å². The van der Waals surface area contributed by atoms with E-state index in [0.717, 1.165) is 16.7 Å². The molecule has 1 amide bonds. The van der Waals surface area contributed by atoms with Crippen molar-refractivity contribution in [1.29, 1.82) is 0 Å². The minimum atomic E-state index is -0.698. The molecule has 2 rings (SSSR count). The van der Waals surface area contributed by atoms with E-state index in [9.17, 15) is 14.7 Å². The molecular formula is C21H25NO4. The Balaban J connectivity index is 1.96. The van der Waals surface area contributed by atoms with Crippen molar-refractivity contribution in [2.24, 2.45) is 0 Å². The van der Waals surface area contributed by atoms with Gasteiger partial charge in [-0.05, 0) is 34.6 Å². The predicted molar refractivity (Wildman–Crippen MR) is 100 cm³/mol. The molecule has 0 saturated carbocycles. The number of benzene rings is 2. The highest BCUT2D eigenvalue weighted by atomic mass is 16.5. The van der Waals surface area contributed by atoms with E-state index in [4.69, 9.17) is 4.74 Å². The van der Waals surface area contributed by atoms with E-state index in [-0.39, 0.29) is 17.8 Å². The third-order valence-electron chi connectivity index (χ3n) is 4.00. The lowest BCUT2D eigenvalue weighted by molar-refractivity contribution is -0.109. The van der Waals surface area contributed by atoms with Crippen LogP contribution in [0.3, 0.4) is 0 Å². The van der Waals surface area contributed by atoms with Crippen LogP contribution in [0.15, 0.2) is 48.5 Å². The highest BCUT2D eigenvalue weighted by Crippen LogP contribution is 2.31. The van der Waals surface area contributed by atoms with Gasteiger partial charge in [-0.1, -0.05) is 63.2 Å². The average molecular weight is 355 g/mol. The minimum Gasteiger partial charge on any atom is -0.508 e. The Morgan fingerprint density at radius 2 is 1.85 bits per heavy atom. The molecule has 5 nitrogen and oxygen atoms in total. The lowest BCUT2D eigenvalue weighted by Crippen LogP contribution is -2.38. The maximum absolute atomic E-state index is 11.9. The molecule has 0 bridgehead atoms. The molecular weight excluding hydrogens is 330 g/mol. The fourth-order valence-corrected chi connectivity index (χ4v) is 2.61.